The normalized spacial score (nSPS) is 14.3. The molecule has 3 aromatic carbocycles. The van der Waals surface area contributed by atoms with Crippen molar-refractivity contribution in [1.29, 1.82) is 0 Å². The molecule has 5 amide bonds. The molecule has 0 spiro atoms. The lowest BCUT2D eigenvalue weighted by molar-refractivity contribution is -0.384. The van der Waals surface area contributed by atoms with Crippen molar-refractivity contribution in [2.24, 2.45) is 0 Å². The molecule has 0 atom stereocenters. The maximum Gasteiger partial charge on any atom is 0.335 e. The number of carbonyl (C=O) groups excluding carboxylic acids is 4. The number of anilines is 2. The first-order valence-corrected chi connectivity index (χ1v) is 11.4. The van der Waals surface area contributed by atoms with Gasteiger partial charge in [-0.2, -0.15) is 0 Å². The Balaban J connectivity index is 1.43. The number of hydrogen-bond acceptors (Lipinski definition) is 7. The zero-order chi connectivity index (χ0) is 27.4. The van der Waals surface area contributed by atoms with Crippen LogP contribution in [0.25, 0.3) is 6.08 Å². The number of rotatable bonds is 7. The lowest BCUT2D eigenvalue weighted by atomic mass is 10.1. The summed E-state index contributed by atoms with van der Waals surface area (Å²) in [5, 5.41) is 15.7. The van der Waals surface area contributed by atoms with Crippen LogP contribution in [-0.4, -0.2) is 35.3 Å². The van der Waals surface area contributed by atoms with Crippen LogP contribution in [0.1, 0.15) is 16.7 Å². The van der Waals surface area contributed by atoms with E-state index in [1.54, 1.807) is 24.3 Å². The van der Waals surface area contributed by atoms with Crippen LogP contribution < -0.4 is 20.3 Å². The molecule has 1 heterocycles. The van der Waals surface area contributed by atoms with Crippen LogP contribution in [0.3, 0.4) is 0 Å². The maximum absolute atomic E-state index is 13.0. The Hall–Kier alpha value is -5.32. The number of ether oxygens (including phenoxy) is 1. The van der Waals surface area contributed by atoms with Crippen molar-refractivity contribution < 1.29 is 28.8 Å². The van der Waals surface area contributed by atoms with Gasteiger partial charge in [-0.15, -0.1) is 0 Å². The first kappa shape index (κ1) is 25.8. The standard InChI is InChI=1S/C27H22N4O7/c1-16-3-6-19(13-17(16)2)28-24(32)15-38-22-11-4-18(5-12-22)14-23-25(33)29-27(35)30(26(23)34)20-7-9-21(10-8-20)31(36)37/h3-14H,15H2,1-2H3,(H,28,32)(H,29,33,35)/b23-14-. The smallest absolute Gasteiger partial charge is 0.335 e. The summed E-state index contributed by atoms with van der Waals surface area (Å²) in [5.41, 5.74) is 2.86. The molecule has 38 heavy (non-hydrogen) atoms. The number of hydrogen-bond donors (Lipinski definition) is 2. The summed E-state index contributed by atoms with van der Waals surface area (Å²) >= 11 is 0. The van der Waals surface area contributed by atoms with Gasteiger partial charge >= 0.3 is 6.03 Å². The van der Waals surface area contributed by atoms with Gasteiger partial charge in [-0.1, -0.05) is 18.2 Å². The molecule has 0 saturated carbocycles. The van der Waals surface area contributed by atoms with Crippen LogP contribution in [0.15, 0.2) is 72.3 Å². The van der Waals surface area contributed by atoms with E-state index in [4.69, 9.17) is 4.74 Å². The molecular weight excluding hydrogens is 492 g/mol. The fraction of sp³-hybridized carbons (Fsp3) is 0.111. The number of benzene rings is 3. The number of nitrogens with one attached hydrogen (secondary N) is 2. The molecule has 0 bridgehead atoms. The maximum atomic E-state index is 13.0. The summed E-state index contributed by atoms with van der Waals surface area (Å²) < 4.78 is 5.52. The van der Waals surface area contributed by atoms with Gasteiger partial charge < -0.3 is 10.1 Å². The average Bonchev–Trinajstić information content (AvgIpc) is 2.88. The second-order valence-electron chi connectivity index (χ2n) is 8.44. The van der Waals surface area contributed by atoms with Gasteiger partial charge in [-0.25, -0.2) is 9.69 Å². The minimum atomic E-state index is -0.964. The van der Waals surface area contributed by atoms with E-state index in [1.807, 2.05) is 32.0 Å². The summed E-state index contributed by atoms with van der Waals surface area (Å²) in [6, 6.07) is 15.7. The van der Waals surface area contributed by atoms with Crippen molar-refractivity contribution in [3.05, 3.63) is 99.1 Å². The average molecular weight is 514 g/mol. The largest absolute Gasteiger partial charge is 0.484 e. The van der Waals surface area contributed by atoms with Gasteiger partial charge in [0.2, 0.25) is 0 Å². The van der Waals surface area contributed by atoms with Gasteiger partial charge in [-0.3, -0.25) is 29.8 Å². The minimum Gasteiger partial charge on any atom is -0.484 e. The highest BCUT2D eigenvalue weighted by Crippen LogP contribution is 2.25. The Labute approximate surface area is 216 Å². The lowest BCUT2D eigenvalue weighted by Crippen LogP contribution is -2.54. The predicted molar refractivity (Wildman–Crippen MR) is 139 cm³/mol. The zero-order valence-electron chi connectivity index (χ0n) is 20.4. The van der Waals surface area contributed by atoms with Crippen molar-refractivity contribution in [2.75, 3.05) is 16.8 Å². The fourth-order valence-electron chi connectivity index (χ4n) is 3.61. The number of non-ortho nitro benzene ring substituents is 1. The number of amides is 5. The molecule has 11 nitrogen and oxygen atoms in total. The number of barbiturate groups is 1. The van der Waals surface area contributed by atoms with Gasteiger partial charge in [0.25, 0.3) is 23.4 Å². The number of nitro groups is 1. The zero-order valence-corrected chi connectivity index (χ0v) is 20.4. The Morgan fingerprint density at radius 2 is 1.68 bits per heavy atom. The Morgan fingerprint density at radius 3 is 2.32 bits per heavy atom. The third-order valence-electron chi connectivity index (χ3n) is 5.77. The molecular formula is C27H22N4O7. The quantitative estimate of drug-likeness (QED) is 0.210. The molecule has 1 aliphatic heterocycles. The molecule has 0 aromatic heterocycles. The van der Waals surface area contributed by atoms with E-state index < -0.39 is 22.8 Å². The van der Waals surface area contributed by atoms with E-state index >= 15 is 0 Å². The first-order chi connectivity index (χ1) is 18.1. The van der Waals surface area contributed by atoms with Gasteiger partial charge in [0.05, 0.1) is 10.6 Å². The van der Waals surface area contributed by atoms with E-state index in [0.29, 0.717) is 17.0 Å². The monoisotopic (exact) mass is 514 g/mol. The van der Waals surface area contributed by atoms with Crippen molar-refractivity contribution in [2.45, 2.75) is 13.8 Å². The minimum absolute atomic E-state index is 0.0688. The molecule has 2 N–H and O–H groups in total. The van der Waals surface area contributed by atoms with E-state index in [1.165, 1.54) is 18.2 Å². The summed E-state index contributed by atoms with van der Waals surface area (Å²) in [5.74, 6) is -1.69. The highest BCUT2D eigenvalue weighted by molar-refractivity contribution is 6.39. The van der Waals surface area contributed by atoms with E-state index in [2.05, 4.69) is 10.6 Å². The van der Waals surface area contributed by atoms with Gasteiger partial charge in [0.1, 0.15) is 11.3 Å². The van der Waals surface area contributed by atoms with Crippen LogP contribution in [0.4, 0.5) is 21.9 Å². The topological polar surface area (TPSA) is 148 Å². The predicted octanol–water partition coefficient (Wildman–Crippen LogP) is 3.90. The molecule has 1 saturated heterocycles. The lowest BCUT2D eigenvalue weighted by Gasteiger charge is -2.26. The Kier molecular flexibility index (Phi) is 7.28. The van der Waals surface area contributed by atoms with Crippen LogP contribution in [-0.2, 0) is 14.4 Å². The third-order valence-corrected chi connectivity index (χ3v) is 5.77. The van der Waals surface area contributed by atoms with E-state index in [0.717, 1.165) is 28.2 Å². The van der Waals surface area contributed by atoms with E-state index in [-0.39, 0.29) is 29.5 Å². The van der Waals surface area contributed by atoms with Crippen molar-refractivity contribution >= 4 is 46.9 Å². The second kappa shape index (κ2) is 10.7. The number of carbonyl (C=O) groups is 4. The molecule has 1 aliphatic rings. The Morgan fingerprint density at radius 1 is 1.00 bits per heavy atom. The number of urea groups is 1. The van der Waals surface area contributed by atoms with Crippen molar-refractivity contribution in [3.8, 4) is 5.75 Å². The second-order valence-corrected chi connectivity index (χ2v) is 8.44. The SMILES string of the molecule is Cc1ccc(NC(=O)COc2ccc(/C=C3/C(=O)NC(=O)N(c4ccc([N+](=O)[O-])cc4)C3=O)cc2)cc1C. The summed E-state index contributed by atoms with van der Waals surface area (Å²) in [7, 11) is 0. The van der Waals surface area contributed by atoms with Crippen molar-refractivity contribution in [1.82, 2.24) is 5.32 Å². The van der Waals surface area contributed by atoms with Crippen LogP contribution in [0.5, 0.6) is 5.75 Å². The van der Waals surface area contributed by atoms with Crippen LogP contribution in [0.2, 0.25) is 0 Å². The summed E-state index contributed by atoms with van der Waals surface area (Å²) in [6.45, 7) is 3.71. The highest BCUT2D eigenvalue weighted by Gasteiger charge is 2.36. The molecule has 0 radical (unpaired) electrons. The van der Waals surface area contributed by atoms with Crippen LogP contribution in [0, 0.1) is 24.0 Å². The molecule has 0 aliphatic carbocycles. The number of nitrogens with zero attached hydrogens (tertiary/aromatic N) is 2. The Bertz CT molecular complexity index is 1480. The van der Waals surface area contributed by atoms with Crippen LogP contribution >= 0.6 is 0 Å². The highest BCUT2D eigenvalue weighted by atomic mass is 16.6. The summed E-state index contributed by atoms with van der Waals surface area (Å²) in [4.78, 5) is 60.9. The van der Waals surface area contributed by atoms with Gasteiger partial charge in [-0.05, 0) is 73.0 Å². The summed E-state index contributed by atoms with van der Waals surface area (Å²) in [6.07, 6.45) is 1.30. The van der Waals surface area contributed by atoms with Gasteiger partial charge in [0, 0.05) is 17.8 Å². The number of nitro benzene ring substituents is 1. The number of imide groups is 2. The van der Waals surface area contributed by atoms with Gasteiger partial charge in [0.15, 0.2) is 6.61 Å². The molecule has 4 rings (SSSR count). The van der Waals surface area contributed by atoms with E-state index in [9.17, 15) is 29.3 Å². The molecule has 3 aromatic rings. The first-order valence-electron chi connectivity index (χ1n) is 11.4. The number of aryl methyl sites for hydroxylation is 2. The third kappa shape index (κ3) is 5.73. The molecule has 0 unspecified atom stereocenters. The fourth-order valence-corrected chi connectivity index (χ4v) is 3.61. The molecule has 192 valence electrons. The van der Waals surface area contributed by atoms with Crippen molar-refractivity contribution in [3.63, 3.8) is 0 Å². The molecule has 1 fully saturated rings. The molecule has 11 heteroatoms.